The summed E-state index contributed by atoms with van der Waals surface area (Å²) in [7, 11) is -3.44. The maximum atomic E-state index is 14.3. The number of sulfone groups is 1. The molecule has 1 aliphatic rings. The second-order valence-electron chi connectivity index (χ2n) is 7.30. The van der Waals surface area contributed by atoms with E-state index in [1.807, 2.05) is 18.5 Å². The van der Waals surface area contributed by atoms with E-state index in [-0.39, 0.29) is 10.6 Å². The van der Waals surface area contributed by atoms with E-state index in [1.54, 1.807) is 12.4 Å². The summed E-state index contributed by atoms with van der Waals surface area (Å²) in [4.78, 5) is 10.5. The zero-order valence-electron chi connectivity index (χ0n) is 16.3. The van der Waals surface area contributed by atoms with Crippen LogP contribution in [0.2, 0.25) is 5.15 Å². The molecule has 3 heterocycles. The van der Waals surface area contributed by atoms with Crippen molar-refractivity contribution in [2.45, 2.75) is 23.8 Å². The van der Waals surface area contributed by atoms with Crippen LogP contribution in [0.1, 0.15) is 18.9 Å². The van der Waals surface area contributed by atoms with Crippen LogP contribution >= 0.6 is 11.6 Å². The average Bonchev–Trinajstić information content (AvgIpc) is 3.18. The minimum atomic E-state index is -3.44. The molecule has 2 aromatic heterocycles. The van der Waals surface area contributed by atoms with E-state index in [4.69, 9.17) is 11.6 Å². The van der Waals surface area contributed by atoms with Gasteiger partial charge >= 0.3 is 0 Å². The lowest BCUT2D eigenvalue weighted by atomic mass is 10.1. The molecule has 0 saturated carbocycles. The van der Waals surface area contributed by atoms with Gasteiger partial charge in [-0.2, -0.15) is 0 Å². The van der Waals surface area contributed by atoms with Gasteiger partial charge in [0.2, 0.25) is 0 Å². The predicted octanol–water partition coefficient (Wildman–Crippen LogP) is 4.06. The fourth-order valence-electron chi connectivity index (χ4n) is 3.56. The van der Waals surface area contributed by atoms with Crippen LogP contribution in [0.4, 0.5) is 21.6 Å². The van der Waals surface area contributed by atoms with Crippen molar-refractivity contribution in [2.24, 2.45) is 0 Å². The number of anilines is 3. The Morgan fingerprint density at radius 2 is 1.93 bits per heavy atom. The van der Waals surface area contributed by atoms with E-state index in [0.29, 0.717) is 11.2 Å². The van der Waals surface area contributed by atoms with Crippen LogP contribution in [0.3, 0.4) is 0 Å². The molecule has 1 aromatic carbocycles. The molecule has 0 amide bonds. The van der Waals surface area contributed by atoms with Crippen LogP contribution in [0.5, 0.6) is 0 Å². The van der Waals surface area contributed by atoms with Gasteiger partial charge in [0.15, 0.2) is 9.84 Å². The van der Waals surface area contributed by atoms with Gasteiger partial charge in [-0.3, -0.25) is 0 Å². The minimum Gasteiger partial charge on any atom is -0.355 e. The number of rotatable bonds is 5. The first kappa shape index (κ1) is 20.6. The van der Waals surface area contributed by atoms with Crippen LogP contribution in [-0.2, 0) is 9.84 Å². The van der Waals surface area contributed by atoms with E-state index in [2.05, 4.69) is 24.8 Å². The monoisotopic (exact) mass is 449 g/mol. The SMILES string of the molecule is CS(=O)(=O)c1ccc(Nc2ccn(C3CCN(c4cnc(Cl)cn4)CC3)c2)c(F)c1. The van der Waals surface area contributed by atoms with Gasteiger partial charge in [0.25, 0.3) is 0 Å². The number of nitrogens with zero attached hydrogens (tertiary/aromatic N) is 4. The van der Waals surface area contributed by atoms with Gasteiger partial charge in [-0.05, 0) is 37.1 Å². The van der Waals surface area contributed by atoms with Crippen molar-refractivity contribution in [3.05, 3.63) is 60.0 Å². The van der Waals surface area contributed by atoms with Crippen molar-refractivity contribution in [3.8, 4) is 0 Å². The summed E-state index contributed by atoms with van der Waals surface area (Å²) in [5, 5.41) is 3.40. The Morgan fingerprint density at radius 1 is 1.17 bits per heavy atom. The van der Waals surface area contributed by atoms with Crippen molar-refractivity contribution >= 4 is 38.6 Å². The normalized spacial score (nSPS) is 15.4. The summed E-state index contributed by atoms with van der Waals surface area (Å²) in [5.74, 6) is 0.212. The van der Waals surface area contributed by atoms with Gasteiger partial charge in [0.05, 0.1) is 28.7 Å². The Kier molecular flexibility index (Phi) is 5.66. The summed E-state index contributed by atoms with van der Waals surface area (Å²) in [6.45, 7) is 1.70. The van der Waals surface area contributed by atoms with Gasteiger partial charge in [-0.25, -0.2) is 22.8 Å². The third-order valence-corrected chi connectivity index (χ3v) is 6.48. The number of piperidine rings is 1. The molecule has 30 heavy (non-hydrogen) atoms. The third kappa shape index (κ3) is 4.57. The van der Waals surface area contributed by atoms with Crippen molar-refractivity contribution in [1.29, 1.82) is 0 Å². The van der Waals surface area contributed by atoms with E-state index < -0.39 is 15.7 Å². The largest absolute Gasteiger partial charge is 0.355 e. The molecule has 1 aliphatic heterocycles. The number of halogens is 2. The topological polar surface area (TPSA) is 80.1 Å². The van der Waals surface area contributed by atoms with Gasteiger partial charge in [-0.1, -0.05) is 11.6 Å². The summed E-state index contributed by atoms with van der Waals surface area (Å²) in [5.41, 5.74) is 0.975. The fraction of sp³-hybridized carbons (Fsp3) is 0.300. The van der Waals surface area contributed by atoms with E-state index in [9.17, 15) is 12.8 Å². The molecule has 4 rings (SSSR count). The second kappa shape index (κ2) is 8.23. The van der Waals surface area contributed by atoms with Gasteiger partial charge in [0, 0.05) is 37.8 Å². The fourth-order valence-corrected chi connectivity index (χ4v) is 4.29. The highest BCUT2D eigenvalue weighted by atomic mass is 35.5. The highest BCUT2D eigenvalue weighted by molar-refractivity contribution is 7.90. The Labute approximate surface area is 179 Å². The number of hydrogen-bond donors (Lipinski definition) is 1. The number of aromatic nitrogens is 3. The minimum absolute atomic E-state index is 0.0414. The molecule has 0 bridgehead atoms. The zero-order chi connectivity index (χ0) is 21.3. The summed E-state index contributed by atoms with van der Waals surface area (Å²) >= 11 is 5.80. The van der Waals surface area contributed by atoms with E-state index >= 15 is 0 Å². The number of benzene rings is 1. The Bertz CT molecular complexity index is 1140. The van der Waals surface area contributed by atoms with Crippen LogP contribution in [0, 0.1) is 5.82 Å². The number of hydrogen-bond acceptors (Lipinski definition) is 6. The highest BCUT2D eigenvalue weighted by Crippen LogP contribution is 2.28. The highest BCUT2D eigenvalue weighted by Gasteiger charge is 2.21. The maximum absolute atomic E-state index is 14.3. The van der Waals surface area contributed by atoms with Crippen molar-refractivity contribution in [1.82, 2.24) is 14.5 Å². The van der Waals surface area contributed by atoms with Crippen LogP contribution in [0.15, 0.2) is 53.9 Å². The summed E-state index contributed by atoms with van der Waals surface area (Å²) in [6, 6.07) is 6.07. The Balaban J connectivity index is 1.40. The van der Waals surface area contributed by atoms with Gasteiger partial charge in [0.1, 0.15) is 16.8 Å². The molecule has 0 atom stereocenters. The second-order valence-corrected chi connectivity index (χ2v) is 9.70. The van der Waals surface area contributed by atoms with E-state index in [0.717, 1.165) is 49.8 Å². The molecule has 0 spiro atoms. The van der Waals surface area contributed by atoms with Crippen molar-refractivity contribution in [3.63, 3.8) is 0 Å². The van der Waals surface area contributed by atoms with E-state index in [1.165, 1.54) is 12.1 Å². The lowest BCUT2D eigenvalue weighted by Gasteiger charge is -2.33. The number of nitrogens with one attached hydrogen (secondary N) is 1. The van der Waals surface area contributed by atoms with Gasteiger partial charge in [-0.15, -0.1) is 0 Å². The molecular weight excluding hydrogens is 429 g/mol. The molecule has 10 heteroatoms. The molecule has 0 aliphatic carbocycles. The third-order valence-electron chi connectivity index (χ3n) is 5.18. The smallest absolute Gasteiger partial charge is 0.175 e. The molecule has 7 nitrogen and oxygen atoms in total. The standard InChI is InChI=1S/C20H21ClFN5O2S/c1-30(28,29)16-2-3-18(17(22)10-16)25-14-4-7-27(13-14)15-5-8-26(9-6-15)20-12-23-19(21)11-24-20/h2-4,7,10-13,15,25H,5-6,8-9H2,1H3. The molecule has 158 valence electrons. The quantitative estimate of drug-likeness (QED) is 0.632. The van der Waals surface area contributed by atoms with Crippen molar-refractivity contribution in [2.75, 3.05) is 29.6 Å². The molecular formula is C20H21ClFN5O2S. The predicted molar refractivity (Wildman–Crippen MR) is 115 cm³/mol. The van der Waals surface area contributed by atoms with Gasteiger partial charge < -0.3 is 14.8 Å². The average molecular weight is 450 g/mol. The first-order valence-electron chi connectivity index (χ1n) is 9.46. The zero-order valence-corrected chi connectivity index (χ0v) is 17.9. The maximum Gasteiger partial charge on any atom is 0.175 e. The van der Waals surface area contributed by atoms with Crippen molar-refractivity contribution < 1.29 is 12.8 Å². The Hall–Kier alpha value is -2.65. The first-order chi connectivity index (χ1) is 14.3. The summed E-state index contributed by atoms with van der Waals surface area (Å²) < 4.78 is 39.5. The van der Waals surface area contributed by atoms with Crippen LogP contribution < -0.4 is 10.2 Å². The molecule has 1 N–H and O–H groups in total. The summed E-state index contributed by atoms with van der Waals surface area (Å²) in [6.07, 6.45) is 10.1. The first-order valence-corrected chi connectivity index (χ1v) is 11.7. The lowest BCUT2D eigenvalue weighted by molar-refractivity contribution is 0.396. The Morgan fingerprint density at radius 3 is 2.57 bits per heavy atom. The molecule has 1 saturated heterocycles. The molecule has 0 unspecified atom stereocenters. The van der Waals surface area contributed by atoms with Crippen LogP contribution in [0.25, 0.3) is 0 Å². The molecule has 3 aromatic rings. The molecule has 1 fully saturated rings. The molecule has 0 radical (unpaired) electrons. The lowest BCUT2D eigenvalue weighted by Crippen LogP contribution is -2.35. The van der Waals surface area contributed by atoms with Crippen LogP contribution in [-0.4, -0.2) is 42.3 Å².